The summed E-state index contributed by atoms with van der Waals surface area (Å²) in [7, 11) is 0. The van der Waals surface area contributed by atoms with E-state index in [9.17, 15) is 4.79 Å². The zero-order valence-electron chi connectivity index (χ0n) is 10.9. The van der Waals surface area contributed by atoms with Gasteiger partial charge in [-0.2, -0.15) is 0 Å². The quantitative estimate of drug-likeness (QED) is 0.886. The first-order valence-electron chi connectivity index (χ1n) is 6.62. The lowest BCUT2D eigenvalue weighted by atomic mass is 9.98. The smallest absolute Gasteiger partial charge is 0.255 e. The van der Waals surface area contributed by atoms with Gasteiger partial charge in [-0.05, 0) is 64.3 Å². The summed E-state index contributed by atoms with van der Waals surface area (Å²) in [4.78, 5) is 12.3. The van der Waals surface area contributed by atoms with Gasteiger partial charge < -0.3 is 10.6 Å². The molecule has 20 heavy (non-hydrogen) atoms. The van der Waals surface area contributed by atoms with E-state index in [-0.39, 0.29) is 5.91 Å². The Morgan fingerprint density at radius 2 is 2.00 bits per heavy atom. The van der Waals surface area contributed by atoms with Crippen LogP contribution in [-0.4, -0.2) is 12.5 Å². The third-order valence-corrected chi connectivity index (χ3v) is 4.17. The van der Waals surface area contributed by atoms with Crippen LogP contribution < -0.4 is 10.6 Å². The summed E-state index contributed by atoms with van der Waals surface area (Å²) >= 11 is 3.43. The highest BCUT2D eigenvalue weighted by Gasteiger charge is 2.13. The van der Waals surface area contributed by atoms with Crippen LogP contribution in [0.5, 0.6) is 0 Å². The molecule has 0 unspecified atom stereocenters. The molecule has 0 atom stereocenters. The lowest BCUT2D eigenvalue weighted by molar-refractivity contribution is 0.102. The lowest BCUT2D eigenvalue weighted by Gasteiger charge is -2.17. The number of nitrogens with one attached hydrogen (secondary N) is 2. The second kappa shape index (κ2) is 5.77. The van der Waals surface area contributed by atoms with Gasteiger partial charge in [0, 0.05) is 16.6 Å². The van der Waals surface area contributed by atoms with Crippen molar-refractivity contribution in [2.45, 2.75) is 13.0 Å². The van der Waals surface area contributed by atoms with Gasteiger partial charge in [0.25, 0.3) is 5.91 Å². The minimum atomic E-state index is -0.0785. The molecule has 0 bridgehead atoms. The first kappa shape index (κ1) is 13.3. The fourth-order valence-electron chi connectivity index (χ4n) is 2.38. The highest BCUT2D eigenvalue weighted by atomic mass is 79.9. The number of anilines is 1. The van der Waals surface area contributed by atoms with Gasteiger partial charge in [0.05, 0.1) is 5.69 Å². The first-order valence-corrected chi connectivity index (χ1v) is 7.42. The number of carbonyl (C=O) groups excluding carboxylic acids is 1. The predicted octanol–water partition coefficient (Wildman–Crippen LogP) is 3.35. The van der Waals surface area contributed by atoms with Crippen LogP contribution in [0.3, 0.4) is 0 Å². The maximum Gasteiger partial charge on any atom is 0.255 e. The molecule has 0 aliphatic carbocycles. The number of benzene rings is 2. The molecule has 4 heteroatoms. The second-order valence-electron chi connectivity index (χ2n) is 4.84. The summed E-state index contributed by atoms with van der Waals surface area (Å²) in [6, 6.07) is 13.5. The van der Waals surface area contributed by atoms with Crippen molar-refractivity contribution in [3.05, 3.63) is 63.6 Å². The van der Waals surface area contributed by atoms with E-state index in [1.54, 1.807) is 0 Å². The van der Waals surface area contributed by atoms with Gasteiger partial charge in [0.15, 0.2) is 0 Å². The average molecular weight is 331 g/mol. The van der Waals surface area contributed by atoms with Gasteiger partial charge >= 0.3 is 0 Å². The SMILES string of the molecule is O=C(Nc1ccccc1Br)c1ccc2c(c1)CNCC2. The fraction of sp³-hybridized carbons (Fsp3) is 0.188. The molecule has 1 amide bonds. The standard InChI is InChI=1S/C16H15BrN2O/c17-14-3-1-2-4-15(14)19-16(20)12-6-5-11-7-8-18-10-13(11)9-12/h1-6,9,18H,7-8,10H2,(H,19,20). The molecule has 2 aromatic rings. The summed E-state index contributed by atoms with van der Waals surface area (Å²) in [5.41, 5.74) is 4.04. The van der Waals surface area contributed by atoms with E-state index in [1.165, 1.54) is 11.1 Å². The van der Waals surface area contributed by atoms with Crippen LogP contribution in [0.1, 0.15) is 21.5 Å². The van der Waals surface area contributed by atoms with Crippen LogP contribution in [0.2, 0.25) is 0 Å². The number of fused-ring (bicyclic) bond motifs is 1. The molecule has 0 saturated heterocycles. The Kier molecular flexibility index (Phi) is 3.85. The highest BCUT2D eigenvalue weighted by molar-refractivity contribution is 9.10. The molecule has 0 spiro atoms. The topological polar surface area (TPSA) is 41.1 Å². The molecule has 0 radical (unpaired) electrons. The van der Waals surface area contributed by atoms with Gasteiger partial charge in [-0.15, -0.1) is 0 Å². The third-order valence-electron chi connectivity index (χ3n) is 3.48. The summed E-state index contributed by atoms with van der Waals surface area (Å²) in [6.45, 7) is 1.85. The van der Waals surface area contributed by atoms with Crippen molar-refractivity contribution in [2.75, 3.05) is 11.9 Å². The normalized spacial score (nSPS) is 13.7. The molecule has 2 aromatic carbocycles. The third kappa shape index (κ3) is 2.76. The van der Waals surface area contributed by atoms with Gasteiger partial charge in [0.2, 0.25) is 0 Å². The minimum absolute atomic E-state index is 0.0785. The summed E-state index contributed by atoms with van der Waals surface area (Å²) in [6.07, 6.45) is 1.03. The van der Waals surface area contributed by atoms with Crippen molar-refractivity contribution in [2.24, 2.45) is 0 Å². The minimum Gasteiger partial charge on any atom is -0.321 e. The van der Waals surface area contributed by atoms with Crippen LogP contribution >= 0.6 is 15.9 Å². The average Bonchev–Trinajstić information content (AvgIpc) is 2.49. The Labute approximate surface area is 126 Å². The summed E-state index contributed by atoms with van der Waals surface area (Å²) < 4.78 is 0.882. The van der Waals surface area contributed by atoms with Crippen molar-refractivity contribution in [1.82, 2.24) is 5.32 Å². The van der Waals surface area contributed by atoms with Gasteiger partial charge in [0.1, 0.15) is 0 Å². The number of para-hydroxylation sites is 1. The second-order valence-corrected chi connectivity index (χ2v) is 5.70. The molecule has 0 fully saturated rings. The van der Waals surface area contributed by atoms with Crippen LogP contribution in [0.4, 0.5) is 5.69 Å². The Balaban J connectivity index is 1.82. The van der Waals surface area contributed by atoms with E-state index >= 15 is 0 Å². The van der Waals surface area contributed by atoms with Crippen molar-refractivity contribution < 1.29 is 4.79 Å². The van der Waals surface area contributed by atoms with Crippen molar-refractivity contribution in [1.29, 1.82) is 0 Å². The number of rotatable bonds is 2. The molecule has 1 aliphatic heterocycles. The van der Waals surface area contributed by atoms with Gasteiger partial charge in [-0.3, -0.25) is 4.79 Å². The van der Waals surface area contributed by atoms with Crippen molar-refractivity contribution >= 4 is 27.5 Å². The van der Waals surface area contributed by atoms with Crippen molar-refractivity contribution in [3.63, 3.8) is 0 Å². The van der Waals surface area contributed by atoms with E-state index in [1.807, 2.05) is 36.4 Å². The van der Waals surface area contributed by atoms with E-state index in [0.717, 1.165) is 29.7 Å². The summed E-state index contributed by atoms with van der Waals surface area (Å²) in [5, 5.41) is 6.25. The number of amides is 1. The van der Waals surface area contributed by atoms with E-state index < -0.39 is 0 Å². The van der Waals surface area contributed by atoms with E-state index in [0.29, 0.717) is 5.56 Å². The molecule has 3 nitrogen and oxygen atoms in total. The molecule has 102 valence electrons. The Bertz CT molecular complexity index is 655. The molecule has 2 N–H and O–H groups in total. The number of carbonyl (C=O) groups is 1. The predicted molar refractivity (Wildman–Crippen MR) is 83.9 cm³/mol. The monoisotopic (exact) mass is 330 g/mol. The fourth-order valence-corrected chi connectivity index (χ4v) is 2.76. The number of halogens is 1. The van der Waals surface area contributed by atoms with Crippen LogP contribution in [0, 0.1) is 0 Å². The molecule has 0 aromatic heterocycles. The Hall–Kier alpha value is -1.65. The van der Waals surface area contributed by atoms with Crippen molar-refractivity contribution in [3.8, 4) is 0 Å². The van der Waals surface area contributed by atoms with E-state index in [4.69, 9.17) is 0 Å². The molecular formula is C16H15BrN2O. The Morgan fingerprint density at radius 3 is 2.85 bits per heavy atom. The summed E-state index contributed by atoms with van der Waals surface area (Å²) in [5.74, 6) is -0.0785. The van der Waals surface area contributed by atoms with Crippen LogP contribution in [-0.2, 0) is 13.0 Å². The lowest BCUT2D eigenvalue weighted by Crippen LogP contribution is -2.24. The zero-order chi connectivity index (χ0) is 13.9. The zero-order valence-corrected chi connectivity index (χ0v) is 12.5. The molecule has 3 rings (SSSR count). The molecule has 1 aliphatic rings. The number of hydrogen-bond acceptors (Lipinski definition) is 2. The highest BCUT2D eigenvalue weighted by Crippen LogP contribution is 2.22. The number of hydrogen-bond donors (Lipinski definition) is 2. The van der Waals surface area contributed by atoms with E-state index in [2.05, 4.69) is 32.6 Å². The molecule has 1 heterocycles. The molecule has 0 saturated carbocycles. The van der Waals surface area contributed by atoms with Gasteiger partial charge in [-0.1, -0.05) is 18.2 Å². The maximum atomic E-state index is 12.3. The Morgan fingerprint density at radius 1 is 1.15 bits per heavy atom. The van der Waals surface area contributed by atoms with Crippen LogP contribution in [0.25, 0.3) is 0 Å². The first-order chi connectivity index (χ1) is 9.74. The maximum absolute atomic E-state index is 12.3. The largest absolute Gasteiger partial charge is 0.321 e. The van der Waals surface area contributed by atoms with Gasteiger partial charge in [-0.25, -0.2) is 0 Å². The van der Waals surface area contributed by atoms with Crippen LogP contribution in [0.15, 0.2) is 46.9 Å². The molecular weight excluding hydrogens is 316 g/mol.